The molecule has 0 aromatic heterocycles. The monoisotopic (exact) mass is 310 g/mol. The maximum absolute atomic E-state index is 11.7. The molecule has 1 aromatic rings. The molecule has 22 heavy (non-hydrogen) atoms. The van der Waals surface area contributed by atoms with E-state index < -0.39 is 17.9 Å². The molecular weight excluding hydrogens is 288 g/mol. The molecule has 2 amide bonds. The van der Waals surface area contributed by atoms with Gasteiger partial charge in [0.05, 0.1) is 20.3 Å². The van der Waals surface area contributed by atoms with Crippen molar-refractivity contribution >= 4 is 11.8 Å². The van der Waals surface area contributed by atoms with Crippen molar-refractivity contribution in [2.24, 2.45) is 5.73 Å². The standard InChI is InChI=1S/C15H22N2O5/c1-20-7-8-22-10-14(18)17-12(15(16)19)9-11-5-3-4-6-13(11)21-2/h3-6,12H,7-10H2,1-2H3,(H2,16,19)(H,17,18)/t12-/m0/s1. The molecule has 0 saturated heterocycles. The minimum absolute atomic E-state index is 0.154. The molecule has 0 radical (unpaired) electrons. The van der Waals surface area contributed by atoms with Gasteiger partial charge in [-0.05, 0) is 11.6 Å². The van der Waals surface area contributed by atoms with Crippen LogP contribution in [0.2, 0.25) is 0 Å². The zero-order chi connectivity index (χ0) is 16.4. The smallest absolute Gasteiger partial charge is 0.246 e. The van der Waals surface area contributed by atoms with Crippen molar-refractivity contribution in [1.82, 2.24) is 5.32 Å². The Morgan fingerprint density at radius 1 is 1.23 bits per heavy atom. The summed E-state index contributed by atoms with van der Waals surface area (Å²) in [5.74, 6) is -0.384. The zero-order valence-corrected chi connectivity index (χ0v) is 12.8. The number of methoxy groups -OCH3 is 2. The summed E-state index contributed by atoms with van der Waals surface area (Å²) < 4.78 is 15.1. The number of hydrogen-bond acceptors (Lipinski definition) is 5. The van der Waals surface area contributed by atoms with E-state index in [-0.39, 0.29) is 13.0 Å². The first-order valence-corrected chi connectivity index (χ1v) is 6.85. The molecule has 0 saturated carbocycles. The molecule has 1 atom stereocenters. The van der Waals surface area contributed by atoms with E-state index >= 15 is 0 Å². The van der Waals surface area contributed by atoms with Gasteiger partial charge in [-0.1, -0.05) is 18.2 Å². The normalized spacial score (nSPS) is 11.7. The number of para-hydroxylation sites is 1. The maximum atomic E-state index is 11.7. The number of carbonyl (C=O) groups is 2. The molecule has 0 spiro atoms. The second-order valence-electron chi connectivity index (χ2n) is 4.58. The van der Waals surface area contributed by atoms with Gasteiger partial charge >= 0.3 is 0 Å². The van der Waals surface area contributed by atoms with Gasteiger partial charge in [-0.3, -0.25) is 9.59 Å². The highest BCUT2D eigenvalue weighted by atomic mass is 16.5. The van der Waals surface area contributed by atoms with E-state index in [1.165, 1.54) is 0 Å². The molecule has 0 fully saturated rings. The summed E-state index contributed by atoms with van der Waals surface area (Å²) in [6.45, 7) is 0.546. The summed E-state index contributed by atoms with van der Waals surface area (Å²) >= 11 is 0. The predicted molar refractivity (Wildman–Crippen MR) is 80.5 cm³/mol. The number of nitrogens with one attached hydrogen (secondary N) is 1. The van der Waals surface area contributed by atoms with Crippen LogP contribution < -0.4 is 15.8 Å². The lowest BCUT2D eigenvalue weighted by Gasteiger charge is -2.17. The number of amides is 2. The molecule has 0 aliphatic rings. The van der Waals surface area contributed by atoms with Gasteiger partial charge in [-0.2, -0.15) is 0 Å². The van der Waals surface area contributed by atoms with Gasteiger partial charge in [0.15, 0.2) is 0 Å². The second-order valence-corrected chi connectivity index (χ2v) is 4.58. The number of hydrogen-bond donors (Lipinski definition) is 2. The van der Waals surface area contributed by atoms with Crippen LogP contribution >= 0.6 is 0 Å². The van der Waals surface area contributed by atoms with E-state index in [4.69, 9.17) is 19.9 Å². The first-order chi connectivity index (χ1) is 10.6. The van der Waals surface area contributed by atoms with Crippen molar-refractivity contribution in [2.45, 2.75) is 12.5 Å². The third-order valence-electron chi connectivity index (χ3n) is 2.96. The minimum Gasteiger partial charge on any atom is -0.496 e. The molecule has 122 valence electrons. The SMILES string of the molecule is COCCOCC(=O)N[C@@H](Cc1ccccc1OC)C(N)=O. The van der Waals surface area contributed by atoms with Crippen LogP contribution in [0.15, 0.2) is 24.3 Å². The van der Waals surface area contributed by atoms with Crippen molar-refractivity contribution in [1.29, 1.82) is 0 Å². The average Bonchev–Trinajstić information content (AvgIpc) is 2.51. The van der Waals surface area contributed by atoms with Gasteiger partial charge in [0.25, 0.3) is 0 Å². The van der Waals surface area contributed by atoms with Crippen molar-refractivity contribution in [3.05, 3.63) is 29.8 Å². The van der Waals surface area contributed by atoms with E-state index in [9.17, 15) is 9.59 Å². The molecule has 0 unspecified atom stereocenters. The number of carbonyl (C=O) groups excluding carboxylic acids is 2. The number of benzene rings is 1. The number of ether oxygens (including phenoxy) is 3. The fourth-order valence-corrected chi connectivity index (χ4v) is 1.86. The molecule has 7 nitrogen and oxygen atoms in total. The average molecular weight is 310 g/mol. The highest BCUT2D eigenvalue weighted by molar-refractivity contribution is 5.87. The summed E-state index contributed by atoms with van der Waals surface area (Å²) in [7, 11) is 3.08. The highest BCUT2D eigenvalue weighted by Gasteiger charge is 2.20. The van der Waals surface area contributed by atoms with Gasteiger partial charge in [-0.15, -0.1) is 0 Å². The lowest BCUT2D eigenvalue weighted by molar-refractivity contribution is -0.130. The second kappa shape index (κ2) is 9.75. The first-order valence-electron chi connectivity index (χ1n) is 6.85. The molecule has 1 aromatic carbocycles. The molecule has 0 bridgehead atoms. The Kier molecular flexibility index (Phi) is 7.95. The summed E-state index contributed by atoms with van der Waals surface area (Å²) in [6, 6.07) is 6.42. The van der Waals surface area contributed by atoms with Gasteiger partial charge in [0.2, 0.25) is 11.8 Å². The minimum atomic E-state index is -0.824. The third kappa shape index (κ3) is 6.11. The zero-order valence-electron chi connectivity index (χ0n) is 12.8. The number of rotatable bonds is 10. The molecular formula is C15H22N2O5. The Labute approximate surface area is 129 Å². The van der Waals surface area contributed by atoms with Crippen LogP contribution in [0, 0.1) is 0 Å². The Morgan fingerprint density at radius 2 is 1.95 bits per heavy atom. The van der Waals surface area contributed by atoms with E-state index in [0.717, 1.165) is 5.56 Å². The van der Waals surface area contributed by atoms with Crippen LogP contribution in [0.1, 0.15) is 5.56 Å². The Balaban J connectivity index is 2.58. The lowest BCUT2D eigenvalue weighted by atomic mass is 10.0. The summed E-state index contributed by atoms with van der Waals surface area (Å²) in [6.07, 6.45) is 0.253. The molecule has 7 heteroatoms. The van der Waals surface area contributed by atoms with Crippen molar-refractivity contribution in [3.8, 4) is 5.75 Å². The Morgan fingerprint density at radius 3 is 2.59 bits per heavy atom. The molecule has 0 heterocycles. The van der Waals surface area contributed by atoms with E-state index in [2.05, 4.69) is 5.32 Å². The molecule has 1 rings (SSSR count). The van der Waals surface area contributed by atoms with Crippen LogP contribution in [0.4, 0.5) is 0 Å². The summed E-state index contributed by atoms with van der Waals surface area (Å²) in [4.78, 5) is 23.3. The van der Waals surface area contributed by atoms with Gasteiger partial charge in [-0.25, -0.2) is 0 Å². The number of nitrogens with two attached hydrogens (primary N) is 1. The maximum Gasteiger partial charge on any atom is 0.246 e. The van der Waals surface area contributed by atoms with Gasteiger partial charge < -0.3 is 25.3 Å². The topological polar surface area (TPSA) is 99.9 Å². The highest BCUT2D eigenvalue weighted by Crippen LogP contribution is 2.18. The summed E-state index contributed by atoms with van der Waals surface area (Å²) in [5, 5.41) is 2.56. The van der Waals surface area contributed by atoms with Crippen molar-refractivity contribution in [2.75, 3.05) is 34.0 Å². The predicted octanol–water partition coefficient (Wildman–Crippen LogP) is -0.129. The first kappa shape index (κ1) is 17.9. The third-order valence-corrected chi connectivity index (χ3v) is 2.96. The van der Waals surface area contributed by atoms with Crippen molar-refractivity contribution in [3.63, 3.8) is 0 Å². The van der Waals surface area contributed by atoms with E-state index in [1.807, 2.05) is 18.2 Å². The van der Waals surface area contributed by atoms with Crippen LogP contribution in [0.3, 0.4) is 0 Å². The number of primary amides is 1. The Hall–Kier alpha value is -2.12. The van der Waals surface area contributed by atoms with Gasteiger partial charge in [0, 0.05) is 13.5 Å². The Bertz CT molecular complexity index is 493. The van der Waals surface area contributed by atoms with Gasteiger partial charge in [0.1, 0.15) is 18.4 Å². The molecule has 3 N–H and O–H groups in total. The van der Waals surface area contributed by atoms with Crippen LogP contribution in [0.25, 0.3) is 0 Å². The van der Waals surface area contributed by atoms with Crippen LogP contribution in [0.5, 0.6) is 5.75 Å². The van der Waals surface area contributed by atoms with Crippen LogP contribution in [-0.4, -0.2) is 51.9 Å². The molecule has 0 aliphatic carbocycles. The fraction of sp³-hybridized carbons (Fsp3) is 0.467. The lowest BCUT2D eigenvalue weighted by Crippen LogP contribution is -2.47. The quantitative estimate of drug-likeness (QED) is 0.586. The van der Waals surface area contributed by atoms with Crippen LogP contribution in [-0.2, 0) is 25.5 Å². The molecule has 0 aliphatic heterocycles. The fourth-order valence-electron chi connectivity index (χ4n) is 1.86. The largest absolute Gasteiger partial charge is 0.496 e. The van der Waals surface area contributed by atoms with E-state index in [1.54, 1.807) is 20.3 Å². The van der Waals surface area contributed by atoms with E-state index in [0.29, 0.717) is 19.0 Å². The van der Waals surface area contributed by atoms with Crippen molar-refractivity contribution < 1.29 is 23.8 Å². The summed E-state index contributed by atoms with van der Waals surface area (Å²) in [5.41, 5.74) is 6.13.